The van der Waals surface area contributed by atoms with Gasteiger partial charge >= 0.3 is 0 Å². The zero-order chi connectivity index (χ0) is 33.7. The molecule has 0 amide bonds. The van der Waals surface area contributed by atoms with E-state index in [1.165, 1.54) is 11.1 Å². The Labute approximate surface area is 286 Å². The summed E-state index contributed by atoms with van der Waals surface area (Å²) < 4.78 is 36.7. The SMILES string of the molecule is COc1ccc(C2(c3ccc(OC)cc3)C=Cc3c4c(c5c(OC)c(OC)c(OC)cc5c3O2)-c2ccccc2C4c2ccccc2)cc1. The van der Waals surface area contributed by atoms with Gasteiger partial charge in [0.1, 0.15) is 17.2 Å². The average Bonchev–Trinajstić information content (AvgIpc) is 3.52. The summed E-state index contributed by atoms with van der Waals surface area (Å²) in [6, 6.07) is 37.4. The summed E-state index contributed by atoms with van der Waals surface area (Å²) in [5.41, 5.74) is 7.77. The van der Waals surface area contributed by atoms with Gasteiger partial charge in [-0.1, -0.05) is 84.9 Å². The van der Waals surface area contributed by atoms with Crippen molar-refractivity contribution < 1.29 is 28.4 Å². The minimum Gasteiger partial charge on any atom is -0.497 e. The van der Waals surface area contributed by atoms with Gasteiger partial charge in [0.25, 0.3) is 0 Å². The number of hydrogen-bond donors (Lipinski definition) is 0. The van der Waals surface area contributed by atoms with E-state index in [0.29, 0.717) is 17.2 Å². The summed E-state index contributed by atoms with van der Waals surface area (Å²) in [4.78, 5) is 0. The number of ether oxygens (including phenoxy) is 6. The number of fused-ring (bicyclic) bond motifs is 8. The molecular weight excluding hydrogens is 612 g/mol. The molecular formula is C43H36O6. The van der Waals surface area contributed by atoms with Crippen molar-refractivity contribution in [3.05, 3.63) is 149 Å². The van der Waals surface area contributed by atoms with Crippen LogP contribution < -0.4 is 28.4 Å². The lowest BCUT2D eigenvalue weighted by atomic mass is 9.80. The highest BCUT2D eigenvalue weighted by Gasteiger charge is 2.43. The van der Waals surface area contributed by atoms with E-state index in [4.69, 9.17) is 28.4 Å². The van der Waals surface area contributed by atoms with Crippen LogP contribution >= 0.6 is 0 Å². The second kappa shape index (κ2) is 12.0. The number of methoxy groups -OCH3 is 5. The first-order valence-electron chi connectivity index (χ1n) is 16.2. The van der Waals surface area contributed by atoms with Gasteiger partial charge < -0.3 is 28.4 Å². The Kier molecular flexibility index (Phi) is 7.44. The van der Waals surface area contributed by atoms with Crippen molar-refractivity contribution in [3.63, 3.8) is 0 Å². The second-order valence-electron chi connectivity index (χ2n) is 12.2. The Morgan fingerprint density at radius 3 is 1.82 bits per heavy atom. The third-order valence-electron chi connectivity index (χ3n) is 9.88. The van der Waals surface area contributed by atoms with Gasteiger partial charge in [-0.3, -0.25) is 0 Å². The molecule has 0 saturated heterocycles. The second-order valence-corrected chi connectivity index (χ2v) is 12.2. The molecule has 0 saturated carbocycles. The normalized spacial score (nSPS) is 15.1. The van der Waals surface area contributed by atoms with E-state index in [9.17, 15) is 0 Å². The Hall–Kier alpha value is -5.88. The summed E-state index contributed by atoms with van der Waals surface area (Å²) in [6.07, 6.45) is 4.41. The van der Waals surface area contributed by atoms with Crippen LogP contribution in [0.1, 0.15) is 39.3 Å². The molecule has 6 nitrogen and oxygen atoms in total. The molecule has 0 radical (unpaired) electrons. The van der Waals surface area contributed by atoms with Crippen molar-refractivity contribution in [1.82, 2.24) is 0 Å². The van der Waals surface area contributed by atoms with Crippen LogP contribution in [-0.4, -0.2) is 35.5 Å². The predicted octanol–water partition coefficient (Wildman–Crippen LogP) is 9.39. The third kappa shape index (κ3) is 4.55. The van der Waals surface area contributed by atoms with E-state index in [1.54, 1.807) is 35.5 Å². The Bertz CT molecular complexity index is 2170. The Morgan fingerprint density at radius 1 is 0.612 bits per heavy atom. The molecule has 244 valence electrons. The molecule has 6 aromatic carbocycles. The summed E-state index contributed by atoms with van der Waals surface area (Å²) >= 11 is 0. The van der Waals surface area contributed by atoms with E-state index >= 15 is 0 Å². The maximum Gasteiger partial charge on any atom is 0.203 e. The molecule has 0 aromatic heterocycles. The first kappa shape index (κ1) is 30.5. The van der Waals surface area contributed by atoms with Crippen LogP contribution in [0.4, 0.5) is 0 Å². The summed E-state index contributed by atoms with van der Waals surface area (Å²) in [6.45, 7) is 0. The van der Waals surface area contributed by atoms with E-state index in [-0.39, 0.29) is 5.92 Å². The van der Waals surface area contributed by atoms with E-state index in [0.717, 1.165) is 61.4 Å². The average molecular weight is 649 g/mol. The zero-order valence-corrected chi connectivity index (χ0v) is 28.1. The quantitative estimate of drug-likeness (QED) is 0.164. The number of hydrogen-bond acceptors (Lipinski definition) is 6. The molecule has 1 heterocycles. The molecule has 1 unspecified atom stereocenters. The highest BCUT2D eigenvalue weighted by atomic mass is 16.5. The van der Waals surface area contributed by atoms with Gasteiger partial charge in [-0.05, 0) is 64.2 Å². The van der Waals surface area contributed by atoms with Gasteiger partial charge in [0.05, 0.1) is 35.5 Å². The maximum atomic E-state index is 7.51. The van der Waals surface area contributed by atoms with Gasteiger partial charge in [-0.25, -0.2) is 0 Å². The molecule has 1 atom stereocenters. The lowest BCUT2D eigenvalue weighted by Gasteiger charge is -2.38. The predicted molar refractivity (Wildman–Crippen MR) is 193 cm³/mol. The monoisotopic (exact) mass is 648 g/mol. The summed E-state index contributed by atoms with van der Waals surface area (Å²) in [7, 11) is 8.30. The lowest BCUT2D eigenvalue weighted by molar-refractivity contribution is 0.163. The number of rotatable bonds is 8. The standard InChI is InChI=1S/C43H36O6/c1-44-29-19-15-27(16-20-29)43(28-17-21-30(45-2)22-18-28)24-23-33-38-36(26-11-7-6-8-12-26)31-13-9-10-14-32(31)37(38)39-34(40(33)49-43)25-35(46-3)41(47-4)42(39)48-5/h6-25,36H,1-5H3. The molecule has 49 heavy (non-hydrogen) atoms. The number of benzene rings is 6. The van der Waals surface area contributed by atoms with E-state index in [1.807, 2.05) is 30.3 Å². The van der Waals surface area contributed by atoms with Crippen LogP contribution in [0.5, 0.6) is 34.5 Å². The van der Waals surface area contributed by atoms with Crippen molar-refractivity contribution >= 4 is 16.8 Å². The molecule has 1 aliphatic carbocycles. The smallest absolute Gasteiger partial charge is 0.203 e. The molecule has 2 aliphatic rings. The van der Waals surface area contributed by atoms with Gasteiger partial charge in [-0.15, -0.1) is 0 Å². The van der Waals surface area contributed by atoms with Crippen LogP contribution in [-0.2, 0) is 5.60 Å². The van der Waals surface area contributed by atoms with Crippen LogP contribution in [0.25, 0.3) is 28.0 Å². The van der Waals surface area contributed by atoms with Crippen LogP contribution in [0, 0.1) is 0 Å². The summed E-state index contributed by atoms with van der Waals surface area (Å²) in [5, 5.41) is 1.77. The van der Waals surface area contributed by atoms with Crippen molar-refractivity contribution in [2.75, 3.05) is 35.5 Å². The molecule has 0 N–H and O–H groups in total. The molecule has 6 aromatic rings. The Morgan fingerprint density at radius 2 is 1.22 bits per heavy atom. The van der Waals surface area contributed by atoms with Crippen LogP contribution in [0.3, 0.4) is 0 Å². The largest absolute Gasteiger partial charge is 0.497 e. The van der Waals surface area contributed by atoms with E-state index in [2.05, 4.69) is 91.0 Å². The highest BCUT2D eigenvalue weighted by Crippen LogP contribution is 2.61. The van der Waals surface area contributed by atoms with Crippen molar-refractivity contribution in [2.45, 2.75) is 11.5 Å². The fraction of sp³-hybridized carbons (Fsp3) is 0.163. The molecule has 8 rings (SSSR count). The molecule has 6 heteroatoms. The molecule has 1 aliphatic heterocycles. The van der Waals surface area contributed by atoms with Crippen molar-refractivity contribution in [3.8, 4) is 45.6 Å². The summed E-state index contributed by atoms with van der Waals surface area (Å²) in [5.74, 6) is 3.91. The van der Waals surface area contributed by atoms with Crippen molar-refractivity contribution in [2.24, 2.45) is 0 Å². The van der Waals surface area contributed by atoms with E-state index < -0.39 is 5.60 Å². The van der Waals surface area contributed by atoms with Crippen molar-refractivity contribution in [1.29, 1.82) is 0 Å². The van der Waals surface area contributed by atoms with Gasteiger partial charge in [0.2, 0.25) is 5.75 Å². The minimum absolute atomic E-state index is 0.0360. The fourth-order valence-corrected chi connectivity index (χ4v) is 7.65. The lowest BCUT2D eigenvalue weighted by Crippen LogP contribution is -2.34. The first-order chi connectivity index (χ1) is 24.1. The molecule has 0 fully saturated rings. The van der Waals surface area contributed by atoms with Crippen LogP contribution in [0.15, 0.2) is 115 Å². The van der Waals surface area contributed by atoms with Gasteiger partial charge in [0.15, 0.2) is 17.1 Å². The minimum atomic E-state index is -0.985. The zero-order valence-electron chi connectivity index (χ0n) is 28.1. The third-order valence-corrected chi connectivity index (χ3v) is 9.88. The van der Waals surface area contributed by atoms with Gasteiger partial charge in [-0.2, -0.15) is 0 Å². The maximum absolute atomic E-state index is 7.51. The fourth-order valence-electron chi connectivity index (χ4n) is 7.65. The molecule has 0 bridgehead atoms. The molecule has 0 spiro atoms. The topological polar surface area (TPSA) is 55.4 Å². The first-order valence-corrected chi connectivity index (χ1v) is 16.2. The Balaban J connectivity index is 1.50. The highest BCUT2D eigenvalue weighted by molar-refractivity contribution is 6.12. The van der Waals surface area contributed by atoms with Crippen LogP contribution in [0.2, 0.25) is 0 Å². The van der Waals surface area contributed by atoms with Gasteiger partial charge in [0, 0.05) is 33.4 Å².